The average Bonchev–Trinajstić information content (AvgIpc) is 3.38. The monoisotopic (exact) mass is 313 g/mol. The Morgan fingerprint density at radius 2 is 2.09 bits per heavy atom. The van der Waals surface area contributed by atoms with Gasteiger partial charge in [0.25, 0.3) is 0 Å². The van der Waals surface area contributed by atoms with Crippen LogP contribution in [-0.2, 0) is 16.1 Å². The molecule has 1 atom stereocenters. The second-order valence-corrected chi connectivity index (χ2v) is 6.33. The standard InChI is InChI=1S/C18H23N3O2/c1-12(18(22)23-3)10-21(14-8-9-14)11-17-19-13(2)15-6-4-5-7-16(15)20-17/h4-7,12,14H,8-11H2,1-3H3. The number of methoxy groups -OCH3 is 1. The number of carbonyl (C=O) groups is 1. The van der Waals surface area contributed by atoms with Gasteiger partial charge < -0.3 is 4.74 Å². The van der Waals surface area contributed by atoms with Crippen LogP contribution in [0.4, 0.5) is 0 Å². The molecule has 1 aromatic carbocycles. The predicted octanol–water partition coefficient (Wildman–Crippen LogP) is 2.71. The van der Waals surface area contributed by atoms with Crippen LogP contribution in [0.1, 0.15) is 31.3 Å². The first-order valence-electron chi connectivity index (χ1n) is 8.12. The van der Waals surface area contributed by atoms with Gasteiger partial charge >= 0.3 is 5.97 Å². The summed E-state index contributed by atoms with van der Waals surface area (Å²) in [4.78, 5) is 23.3. The van der Waals surface area contributed by atoms with Crippen molar-refractivity contribution >= 4 is 16.9 Å². The highest BCUT2D eigenvalue weighted by molar-refractivity contribution is 5.80. The molecule has 0 amide bonds. The molecule has 5 heteroatoms. The summed E-state index contributed by atoms with van der Waals surface area (Å²) in [6.45, 7) is 5.30. The van der Waals surface area contributed by atoms with Crippen molar-refractivity contribution < 1.29 is 9.53 Å². The number of nitrogens with zero attached hydrogens (tertiary/aromatic N) is 3. The van der Waals surface area contributed by atoms with Crippen LogP contribution in [0.3, 0.4) is 0 Å². The lowest BCUT2D eigenvalue weighted by molar-refractivity contribution is -0.145. The van der Waals surface area contributed by atoms with Gasteiger partial charge in [0.2, 0.25) is 0 Å². The molecule has 1 aromatic heterocycles. The third-order valence-corrected chi connectivity index (χ3v) is 4.36. The van der Waals surface area contributed by atoms with Crippen LogP contribution < -0.4 is 0 Å². The van der Waals surface area contributed by atoms with Gasteiger partial charge in [-0.1, -0.05) is 25.1 Å². The van der Waals surface area contributed by atoms with Gasteiger partial charge in [-0.3, -0.25) is 9.69 Å². The van der Waals surface area contributed by atoms with Crippen molar-refractivity contribution in [2.75, 3.05) is 13.7 Å². The molecule has 1 saturated carbocycles. The van der Waals surface area contributed by atoms with Crippen LogP contribution in [-0.4, -0.2) is 40.5 Å². The Balaban J connectivity index is 1.79. The lowest BCUT2D eigenvalue weighted by Gasteiger charge is -2.24. The number of hydrogen-bond donors (Lipinski definition) is 0. The number of esters is 1. The summed E-state index contributed by atoms with van der Waals surface area (Å²) in [6, 6.07) is 8.61. The summed E-state index contributed by atoms with van der Waals surface area (Å²) in [5, 5.41) is 1.09. The third kappa shape index (κ3) is 3.67. The first-order valence-corrected chi connectivity index (χ1v) is 8.12. The van der Waals surface area contributed by atoms with Gasteiger partial charge in [0.1, 0.15) is 5.82 Å². The van der Waals surface area contributed by atoms with Gasteiger partial charge in [-0.25, -0.2) is 9.97 Å². The Morgan fingerprint density at radius 3 is 2.78 bits per heavy atom. The topological polar surface area (TPSA) is 55.3 Å². The molecule has 1 fully saturated rings. The van der Waals surface area contributed by atoms with E-state index in [4.69, 9.17) is 4.74 Å². The van der Waals surface area contributed by atoms with E-state index in [9.17, 15) is 4.79 Å². The van der Waals surface area contributed by atoms with Gasteiger partial charge in [-0.2, -0.15) is 0 Å². The lowest BCUT2D eigenvalue weighted by Crippen LogP contribution is -2.34. The third-order valence-electron chi connectivity index (χ3n) is 4.36. The molecule has 0 spiro atoms. The van der Waals surface area contributed by atoms with Crippen LogP contribution in [0.5, 0.6) is 0 Å². The minimum atomic E-state index is -0.161. The Hall–Kier alpha value is -2.01. The molecular weight excluding hydrogens is 290 g/mol. The molecular formula is C18H23N3O2. The van der Waals surface area contributed by atoms with Crippen molar-refractivity contribution in [1.29, 1.82) is 0 Å². The highest BCUT2D eigenvalue weighted by Crippen LogP contribution is 2.29. The van der Waals surface area contributed by atoms with Gasteiger partial charge in [-0.05, 0) is 25.8 Å². The van der Waals surface area contributed by atoms with E-state index in [0.29, 0.717) is 19.1 Å². The fraction of sp³-hybridized carbons (Fsp3) is 0.500. The van der Waals surface area contributed by atoms with Crippen molar-refractivity contribution in [3.8, 4) is 0 Å². The van der Waals surface area contributed by atoms with Crippen molar-refractivity contribution in [3.63, 3.8) is 0 Å². The van der Waals surface area contributed by atoms with E-state index < -0.39 is 0 Å². The first-order chi connectivity index (χ1) is 11.1. The summed E-state index contributed by atoms with van der Waals surface area (Å²) in [6.07, 6.45) is 2.36. The normalized spacial score (nSPS) is 15.8. The summed E-state index contributed by atoms with van der Waals surface area (Å²) in [5.41, 5.74) is 1.98. The fourth-order valence-electron chi connectivity index (χ4n) is 2.96. The minimum Gasteiger partial charge on any atom is -0.469 e. The largest absolute Gasteiger partial charge is 0.469 e. The van der Waals surface area contributed by atoms with Gasteiger partial charge in [0, 0.05) is 23.7 Å². The molecule has 0 radical (unpaired) electrons. The van der Waals surface area contributed by atoms with E-state index in [1.54, 1.807) is 0 Å². The molecule has 1 aliphatic carbocycles. The molecule has 0 N–H and O–H groups in total. The summed E-state index contributed by atoms with van der Waals surface area (Å²) >= 11 is 0. The van der Waals surface area contributed by atoms with E-state index in [1.165, 1.54) is 20.0 Å². The van der Waals surface area contributed by atoms with Crippen molar-refractivity contribution in [1.82, 2.24) is 14.9 Å². The number of fused-ring (bicyclic) bond motifs is 1. The summed E-state index contributed by atoms with van der Waals surface area (Å²) in [5.74, 6) is 0.526. The van der Waals surface area contributed by atoms with Crippen LogP contribution in [0.2, 0.25) is 0 Å². The minimum absolute atomic E-state index is 0.137. The van der Waals surface area contributed by atoms with E-state index in [1.807, 2.05) is 38.1 Å². The number of para-hydroxylation sites is 1. The van der Waals surface area contributed by atoms with E-state index >= 15 is 0 Å². The maximum Gasteiger partial charge on any atom is 0.309 e. The zero-order valence-corrected chi connectivity index (χ0v) is 14.0. The highest BCUT2D eigenvalue weighted by Gasteiger charge is 2.32. The SMILES string of the molecule is COC(=O)C(C)CN(Cc1nc(C)c2ccccc2n1)C1CC1. The van der Waals surface area contributed by atoms with E-state index in [0.717, 1.165) is 22.4 Å². The van der Waals surface area contributed by atoms with Gasteiger partial charge in [0.15, 0.2) is 0 Å². The number of hydrogen-bond acceptors (Lipinski definition) is 5. The zero-order valence-electron chi connectivity index (χ0n) is 14.0. The molecule has 0 saturated heterocycles. The molecule has 0 aliphatic heterocycles. The predicted molar refractivity (Wildman–Crippen MR) is 88.9 cm³/mol. The maximum absolute atomic E-state index is 11.7. The van der Waals surface area contributed by atoms with Crippen molar-refractivity contribution in [2.45, 2.75) is 39.3 Å². The summed E-state index contributed by atoms with van der Waals surface area (Å²) < 4.78 is 4.84. The number of aromatic nitrogens is 2. The number of rotatable bonds is 6. The summed E-state index contributed by atoms with van der Waals surface area (Å²) in [7, 11) is 1.44. The van der Waals surface area contributed by atoms with Crippen LogP contribution in [0.15, 0.2) is 24.3 Å². The Kier molecular flexibility index (Phi) is 4.57. The zero-order chi connectivity index (χ0) is 16.4. The molecule has 2 aromatic rings. The Labute approximate surface area is 136 Å². The maximum atomic E-state index is 11.7. The molecule has 3 rings (SSSR count). The molecule has 5 nitrogen and oxygen atoms in total. The van der Waals surface area contributed by atoms with Crippen LogP contribution >= 0.6 is 0 Å². The van der Waals surface area contributed by atoms with Gasteiger partial charge in [-0.15, -0.1) is 0 Å². The molecule has 1 heterocycles. The van der Waals surface area contributed by atoms with E-state index in [2.05, 4.69) is 14.9 Å². The highest BCUT2D eigenvalue weighted by atomic mass is 16.5. The fourth-order valence-corrected chi connectivity index (χ4v) is 2.96. The van der Waals surface area contributed by atoms with Crippen LogP contribution in [0.25, 0.3) is 10.9 Å². The number of ether oxygens (including phenoxy) is 1. The molecule has 1 unspecified atom stereocenters. The number of benzene rings is 1. The first kappa shape index (κ1) is 15.9. The second-order valence-electron chi connectivity index (χ2n) is 6.33. The van der Waals surface area contributed by atoms with Crippen LogP contribution in [0, 0.1) is 12.8 Å². The van der Waals surface area contributed by atoms with Crippen molar-refractivity contribution in [2.24, 2.45) is 5.92 Å². The molecule has 23 heavy (non-hydrogen) atoms. The van der Waals surface area contributed by atoms with Crippen molar-refractivity contribution in [3.05, 3.63) is 35.8 Å². The van der Waals surface area contributed by atoms with Gasteiger partial charge in [0.05, 0.1) is 25.1 Å². The average molecular weight is 313 g/mol. The number of aryl methyl sites for hydroxylation is 1. The Bertz CT molecular complexity index is 712. The number of carbonyl (C=O) groups excluding carboxylic acids is 1. The smallest absolute Gasteiger partial charge is 0.309 e. The molecule has 122 valence electrons. The molecule has 1 aliphatic rings. The Morgan fingerprint density at radius 1 is 1.35 bits per heavy atom. The lowest BCUT2D eigenvalue weighted by atomic mass is 10.1. The van der Waals surface area contributed by atoms with E-state index in [-0.39, 0.29) is 11.9 Å². The quantitative estimate of drug-likeness (QED) is 0.768. The molecule has 0 bridgehead atoms. The second kappa shape index (κ2) is 6.62.